The minimum Gasteiger partial charge on any atom is -0.497 e. The summed E-state index contributed by atoms with van der Waals surface area (Å²) in [6, 6.07) is 17.8. The van der Waals surface area contributed by atoms with Gasteiger partial charge in [0.05, 0.1) is 19.2 Å². The van der Waals surface area contributed by atoms with Crippen LogP contribution in [0.25, 0.3) is 0 Å². The van der Waals surface area contributed by atoms with Crippen LogP contribution in [0.1, 0.15) is 12.0 Å². The van der Waals surface area contributed by atoms with Crippen molar-refractivity contribution in [1.29, 1.82) is 0 Å². The average molecular weight is 430 g/mol. The Bertz CT molecular complexity index is 1120. The molecular formula is C24H22N4O4. The van der Waals surface area contributed by atoms with Crippen LogP contribution in [-0.4, -0.2) is 40.9 Å². The second-order valence-corrected chi connectivity index (χ2v) is 7.28. The van der Waals surface area contributed by atoms with Gasteiger partial charge in [0.1, 0.15) is 11.8 Å². The molecule has 8 heteroatoms. The zero-order chi connectivity index (χ0) is 22.5. The highest BCUT2D eigenvalue weighted by molar-refractivity contribution is 6.22. The summed E-state index contributed by atoms with van der Waals surface area (Å²) in [5, 5.41) is 2.78. The Morgan fingerprint density at radius 2 is 1.88 bits per heavy atom. The number of imide groups is 1. The van der Waals surface area contributed by atoms with E-state index in [2.05, 4.69) is 10.3 Å². The largest absolute Gasteiger partial charge is 0.497 e. The van der Waals surface area contributed by atoms with E-state index >= 15 is 0 Å². The summed E-state index contributed by atoms with van der Waals surface area (Å²) in [6.45, 7) is 0.155. The summed E-state index contributed by atoms with van der Waals surface area (Å²) < 4.78 is 5.23. The molecule has 1 saturated heterocycles. The molecule has 32 heavy (non-hydrogen) atoms. The highest BCUT2D eigenvalue weighted by Gasteiger charge is 2.46. The van der Waals surface area contributed by atoms with Crippen LogP contribution in [0.2, 0.25) is 0 Å². The van der Waals surface area contributed by atoms with Crippen molar-refractivity contribution in [3.05, 3.63) is 84.7 Å². The lowest BCUT2D eigenvalue weighted by molar-refractivity contribution is -0.124. The van der Waals surface area contributed by atoms with Gasteiger partial charge in [-0.2, -0.15) is 0 Å². The molecule has 1 aliphatic heterocycles. The third-order valence-corrected chi connectivity index (χ3v) is 5.14. The number of amides is 4. The quantitative estimate of drug-likeness (QED) is 0.580. The van der Waals surface area contributed by atoms with Gasteiger partial charge in [-0.15, -0.1) is 0 Å². The van der Waals surface area contributed by atoms with Crippen molar-refractivity contribution in [3.63, 3.8) is 0 Å². The molecule has 2 aromatic carbocycles. The van der Waals surface area contributed by atoms with E-state index in [0.717, 1.165) is 10.5 Å². The summed E-state index contributed by atoms with van der Waals surface area (Å²) in [4.78, 5) is 45.9. The molecule has 4 amide bonds. The molecule has 8 nitrogen and oxygen atoms in total. The molecular weight excluding hydrogens is 408 g/mol. The Balaban J connectivity index is 1.62. The highest BCUT2D eigenvalue weighted by atomic mass is 16.5. The van der Waals surface area contributed by atoms with Gasteiger partial charge in [0.15, 0.2) is 0 Å². The van der Waals surface area contributed by atoms with E-state index in [-0.39, 0.29) is 18.9 Å². The van der Waals surface area contributed by atoms with Crippen molar-refractivity contribution in [2.24, 2.45) is 0 Å². The zero-order valence-corrected chi connectivity index (χ0v) is 17.5. The lowest BCUT2D eigenvalue weighted by Crippen LogP contribution is -2.37. The Hall–Kier alpha value is -4.20. The number of anilines is 2. The van der Waals surface area contributed by atoms with Crippen LogP contribution in [0.5, 0.6) is 5.75 Å². The fourth-order valence-corrected chi connectivity index (χ4v) is 3.60. The third-order valence-electron chi connectivity index (χ3n) is 5.14. The Kier molecular flexibility index (Phi) is 6.12. The van der Waals surface area contributed by atoms with E-state index in [4.69, 9.17) is 4.74 Å². The van der Waals surface area contributed by atoms with Gasteiger partial charge in [0, 0.05) is 30.7 Å². The van der Waals surface area contributed by atoms with E-state index in [0.29, 0.717) is 17.1 Å². The second kappa shape index (κ2) is 9.30. The number of nitrogens with one attached hydrogen (secondary N) is 1. The maximum atomic E-state index is 13.3. The number of carbonyl (C=O) groups is 3. The number of aromatic nitrogens is 1. The molecule has 1 N–H and O–H groups in total. The topological polar surface area (TPSA) is 91.8 Å². The lowest BCUT2D eigenvalue weighted by Gasteiger charge is -2.21. The Morgan fingerprint density at radius 3 is 2.59 bits per heavy atom. The van der Waals surface area contributed by atoms with Crippen LogP contribution in [0.4, 0.5) is 16.2 Å². The Labute approximate surface area is 185 Å². The molecule has 1 unspecified atom stereocenters. The number of benzene rings is 2. The van der Waals surface area contributed by atoms with E-state index in [1.54, 1.807) is 67.0 Å². The van der Waals surface area contributed by atoms with Crippen molar-refractivity contribution >= 4 is 29.2 Å². The van der Waals surface area contributed by atoms with Gasteiger partial charge < -0.3 is 15.0 Å². The number of nitrogens with zero attached hydrogens (tertiary/aromatic N) is 3. The van der Waals surface area contributed by atoms with E-state index in [1.807, 2.05) is 12.1 Å². The van der Waals surface area contributed by atoms with E-state index < -0.39 is 18.0 Å². The summed E-state index contributed by atoms with van der Waals surface area (Å²) >= 11 is 0. The molecule has 0 aliphatic carbocycles. The number of pyridine rings is 1. The Morgan fingerprint density at radius 1 is 1.06 bits per heavy atom. The smallest absolute Gasteiger partial charge is 0.332 e. The summed E-state index contributed by atoms with van der Waals surface area (Å²) in [5.74, 6) is -0.298. The number of carbonyl (C=O) groups excluding carboxylic acids is 3. The molecule has 162 valence electrons. The fourth-order valence-electron chi connectivity index (χ4n) is 3.60. The molecule has 1 fully saturated rings. The van der Waals surface area contributed by atoms with Gasteiger partial charge in [0.25, 0.3) is 5.91 Å². The first-order valence-electron chi connectivity index (χ1n) is 10.1. The van der Waals surface area contributed by atoms with Gasteiger partial charge >= 0.3 is 6.03 Å². The number of methoxy groups -OCH3 is 1. The monoisotopic (exact) mass is 430 g/mol. The normalized spacial score (nSPS) is 15.7. The average Bonchev–Trinajstić information content (AvgIpc) is 3.04. The number of para-hydroxylation sites is 1. The van der Waals surface area contributed by atoms with Crippen LogP contribution < -0.4 is 15.0 Å². The second-order valence-electron chi connectivity index (χ2n) is 7.28. The molecule has 1 aromatic heterocycles. The molecule has 3 aromatic rings. The maximum Gasteiger partial charge on any atom is 0.332 e. The number of urea groups is 1. The van der Waals surface area contributed by atoms with Gasteiger partial charge in [-0.3, -0.25) is 14.6 Å². The highest BCUT2D eigenvalue weighted by Crippen LogP contribution is 2.30. The van der Waals surface area contributed by atoms with E-state index in [1.165, 1.54) is 12.0 Å². The molecule has 2 heterocycles. The zero-order valence-electron chi connectivity index (χ0n) is 17.5. The van der Waals surface area contributed by atoms with Gasteiger partial charge in [-0.25, -0.2) is 9.69 Å². The van der Waals surface area contributed by atoms with Crippen LogP contribution in [0.3, 0.4) is 0 Å². The first-order valence-corrected chi connectivity index (χ1v) is 10.1. The number of hydrogen-bond acceptors (Lipinski definition) is 5. The van der Waals surface area contributed by atoms with Crippen molar-refractivity contribution in [1.82, 2.24) is 9.88 Å². The van der Waals surface area contributed by atoms with Gasteiger partial charge in [-0.05, 0) is 35.9 Å². The molecule has 0 bridgehead atoms. The minimum atomic E-state index is -0.947. The van der Waals surface area contributed by atoms with Crippen LogP contribution >= 0.6 is 0 Å². The summed E-state index contributed by atoms with van der Waals surface area (Å²) in [6.07, 6.45) is 3.10. The summed E-state index contributed by atoms with van der Waals surface area (Å²) in [7, 11) is 1.51. The van der Waals surface area contributed by atoms with Crippen molar-refractivity contribution in [2.75, 3.05) is 17.3 Å². The summed E-state index contributed by atoms with van der Waals surface area (Å²) in [5.41, 5.74) is 1.77. The first-order chi connectivity index (χ1) is 15.6. The maximum absolute atomic E-state index is 13.3. The number of hydrogen-bond donors (Lipinski definition) is 1. The predicted molar refractivity (Wildman–Crippen MR) is 119 cm³/mol. The first kappa shape index (κ1) is 21.0. The molecule has 1 aliphatic rings. The van der Waals surface area contributed by atoms with Crippen molar-refractivity contribution < 1.29 is 19.1 Å². The van der Waals surface area contributed by atoms with Gasteiger partial charge in [-0.1, -0.05) is 30.3 Å². The third kappa shape index (κ3) is 4.44. The standard InChI is InChI=1S/C24H22N4O4/c1-32-20-11-5-10-19(13-20)28-23(30)21(14-22(29)26-18-8-3-2-4-9-18)27(24(28)31)16-17-7-6-12-25-15-17/h2-13,15,21H,14,16H2,1H3,(H,26,29). The molecule has 0 saturated carbocycles. The molecule has 1 atom stereocenters. The fraction of sp³-hybridized carbons (Fsp3) is 0.167. The van der Waals surface area contributed by atoms with Crippen LogP contribution in [-0.2, 0) is 16.1 Å². The van der Waals surface area contributed by atoms with Gasteiger partial charge in [0.2, 0.25) is 5.91 Å². The van der Waals surface area contributed by atoms with Crippen molar-refractivity contribution in [3.8, 4) is 5.75 Å². The molecule has 0 radical (unpaired) electrons. The minimum absolute atomic E-state index is 0.155. The van der Waals surface area contributed by atoms with E-state index in [9.17, 15) is 14.4 Å². The lowest BCUT2D eigenvalue weighted by atomic mass is 10.1. The SMILES string of the molecule is COc1cccc(N2C(=O)C(CC(=O)Nc3ccccc3)N(Cc3cccnc3)C2=O)c1. The van der Waals surface area contributed by atoms with Crippen LogP contribution in [0.15, 0.2) is 79.1 Å². The molecule has 4 rings (SSSR count). The predicted octanol–water partition coefficient (Wildman–Crippen LogP) is 3.46. The van der Waals surface area contributed by atoms with Crippen LogP contribution in [0, 0.1) is 0 Å². The molecule has 0 spiro atoms. The number of rotatable bonds is 7. The number of ether oxygens (including phenoxy) is 1. The van der Waals surface area contributed by atoms with Crippen molar-refractivity contribution in [2.45, 2.75) is 19.0 Å².